The van der Waals surface area contributed by atoms with Gasteiger partial charge in [-0.25, -0.2) is 0 Å². The fourth-order valence-corrected chi connectivity index (χ4v) is 1.37. The number of hydrogen-bond acceptors (Lipinski definition) is 2. The standard InChI is InChI=1S/C13H16O2/c1-4-7-11-12(14-3)8-6-9-13(11)15-10-5-2/h4-6,8-9H,1-2,7,10H2,3H3. The predicted octanol–water partition coefficient (Wildman–Crippen LogP) is 2.99. The molecule has 1 rings (SSSR count). The van der Waals surface area contributed by atoms with E-state index >= 15 is 0 Å². The third kappa shape index (κ3) is 2.88. The second-order valence-corrected chi connectivity index (χ2v) is 3.03. The Bertz CT molecular complexity index is 342. The molecule has 1 aromatic carbocycles. The number of hydrogen-bond donors (Lipinski definition) is 0. The van der Waals surface area contributed by atoms with Gasteiger partial charge in [-0.15, -0.1) is 6.58 Å². The molecule has 0 heterocycles. The molecule has 15 heavy (non-hydrogen) atoms. The molecule has 0 saturated heterocycles. The average molecular weight is 204 g/mol. The summed E-state index contributed by atoms with van der Waals surface area (Å²) in [4.78, 5) is 0. The van der Waals surface area contributed by atoms with Crippen LogP contribution in [-0.2, 0) is 6.42 Å². The van der Waals surface area contributed by atoms with Crippen LogP contribution in [0.15, 0.2) is 43.5 Å². The number of ether oxygens (including phenoxy) is 2. The number of methoxy groups -OCH3 is 1. The van der Waals surface area contributed by atoms with E-state index in [1.807, 2.05) is 24.3 Å². The Morgan fingerprint density at radius 3 is 2.53 bits per heavy atom. The van der Waals surface area contributed by atoms with Crippen molar-refractivity contribution >= 4 is 0 Å². The van der Waals surface area contributed by atoms with Crippen molar-refractivity contribution in [2.45, 2.75) is 6.42 Å². The molecule has 1 aromatic rings. The first-order valence-corrected chi connectivity index (χ1v) is 4.84. The zero-order valence-corrected chi connectivity index (χ0v) is 9.03. The predicted molar refractivity (Wildman–Crippen MR) is 62.6 cm³/mol. The maximum Gasteiger partial charge on any atom is 0.126 e. The van der Waals surface area contributed by atoms with E-state index in [-0.39, 0.29) is 0 Å². The Morgan fingerprint density at radius 1 is 1.20 bits per heavy atom. The molecule has 0 aliphatic carbocycles. The minimum atomic E-state index is 0.497. The van der Waals surface area contributed by atoms with Crippen LogP contribution >= 0.6 is 0 Å². The molecular weight excluding hydrogens is 188 g/mol. The summed E-state index contributed by atoms with van der Waals surface area (Å²) in [5, 5.41) is 0. The molecule has 2 heteroatoms. The van der Waals surface area contributed by atoms with Crippen LogP contribution in [0.1, 0.15) is 5.56 Å². The summed E-state index contributed by atoms with van der Waals surface area (Å²) >= 11 is 0. The minimum Gasteiger partial charge on any atom is -0.496 e. The van der Waals surface area contributed by atoms with Crippen molar-refractivity contribution < 1.29 is 9.47 Å². The Morgan fingerprint density at radius 2 is 1.93 bits per heavy atom. The zero-order chi connectivity index (χ0) is 11.1. The Balaban J connectivity index is 3.00. The van der Waals surface area contributed by atoms with E-state index in [1.54, 1.807) is 13.2 Å². The van der Waals surface area contributed by atoms with E-state index in [0.717, 1.165) is 23.5 Å². The van der Waals surface area contributed by atoms with Crippen LogP contribution in [0.2, 0.25) is 0 Å². The van der Waals surface area contributed by atoms with Crippen LogP contribution in [0.4, 0.5) is 0 Å². The smallest absolute Gasteiger partial charge is 0.126 e. The van der Waals surface area contributed by atoms with E-state index in [1.165, 1.54) is 0 Å². The Labute approximate surface area is 90.8 Å². The van der Waals surface area contributed by atoms with Crippen molar-refractivity contribution in [1.82, 2.24) is 0 Å². The van der Waals surface area contributed by atoms with Gasteiger partial charge in [-0.2, -0.15) is 0 Å². The molecule has 0 unspecified atom stereocenters. The average Bonchev–Trinajstić information content (AvgIpc) is 2.28. The Kier molecular flexibility index (Phi) is 4.48. The molecule has 0 N–H and O–H groups in total. The van der Waals surface area contributed by atoms with E-state index in [2.05, 4.69) is 13.2 Å². The Hall–Kier alpha value is -1.70. The number of rotatable bonds is 6. The van der Waals surface area contributed by atoms with Gasteiger partial charge < -0.3 is 9.47 Å². The molecule has 2 nitrogen and oxygen atoms in total. The monoisotopic (exact) mass is 204 g/mol. The third-order valence-corrected chi connectivity index (χ3v) is 2.02. The first-order valence-electron chi connectivity index (χ1n) is 4.84. The van der Waals surface area contributed by atoms with Crippen LogP contribution in [0.5, 0.6) is 11.5 Å². The van der Waals surface area contributed by atoms with Crippen molar-refractivity contribution in [3.63, 3.8) is 0 Å². The second kappa shape index (κ2) is 5.91. The van der Waals surface area contributed by atoms with Gasteiger partial charge in [-0.3, -0.25) is 0 Å². The second-order valence-electron chi connectivity index (χ2n) is 3.03. The van der Waals surface area contributed by atoms with Crippen LogP contribution in [0.25, 0.3) is 0 Å². The lowest BCUT2D eigenvalue weighted by molar-refractivity contribution is 0.352. The quantitative estimate of drug-likeness (QED) is 0.663. The molecule has 0 spiro atoms. The molecule has 0 radical (unpaired) electrons. The molecule has 0 saturated carbocycles. The molecule has 0 aromatic heterocycles. The topological polar surface area (TPSA) is 18.5 Å². The van der Waals surface area contributed by atoms with Gasteiger partial charge in [0.15, 0.2) is 0 Å². The van der Waals surface area contributed by atoms with Gasteiger partial charge in [0.05, 0.1) is 7.11 Å². The largest absolute Gasteiger partial charge is 0.496 e. The first-order chi connectivity index (χ1) is 7.33. The molecular formula is C13H16O2. The highest BCUT2D eigenvalue weighted by Crippen LogP contribution is 2.29. The lowest BCUT2D eigenvalue weighted by atomic mass is 10.1. The highest BCUT2D eigenvalue weighted by molar-refractivity contribution is 5.45. The van der Waals surface area contributed by atoms with Crippen molar-refractivity contribution in [2.75, 3.05) is 13.7 Å². The lowest BCUT2D eigenvalue weighted by Gasteiger charge is -2.12. The maximum absolute atomic E-state index is 5.54. The van der Waals surface area contributed by atoms with E-state index in [0.29, 0.717) is 6.61 Å². The summed E-state index contributed by atoms with van der Waals surface area (Å²) < 4.78 is 10.8. The fraction of sp³-hybridized carbons (Fsp3) is 0.231. The summed E-state index contributed by atoms with van der Waals surface area (Å²) in [5.74, 6) is 1.66. The van der Waals surface area contributed by atoms with Crippen LogP contribution in [0, 0.1) is 0 Å². The van der Waals surface area contributed by atoms with Gasteiger partial charge in [0.25, 0.3) is 0 Å². The normalized spacial score (nSPS) is 9.40. The molecule has 80 valence electrons. The summed E-state index contributed by atoms with van der Waals surface area (Å²) in [7, 11) is 1.65. The lowest BCUT2D eigenvalue weighted by Crippen LogP contribution is -1.99. The molecule has 0 bridgehead atoms. The molecule has 0 amide bonds. The highest BCUT2D eigenvalue weighted by Gasteiger charge is 2.07. The van der Waals surface area contributed by atoms with Gasteiger partial charge in [-0.1, -0.05) is 24.8 Å². The molecule has 0 aliphatic heterocycles. The fourth-order valence-electron chi connectivity index (χ4n) is 1.37. The summed E-state index contributed by atoms with van der Waals surface area (Å²) in [6.07, 6.45) is 4.28. The van der Waals surface area contributed by atoms with Crippen LogP contribution in [0.3, 0.4) is 0 Å². The SMILES string of the molecule is C=CCOc1cccc(OC)c1CC=C. The number of allylic oxidation sites excluding steroid dienone is 1. The summed E-state index contributed by atoms with van der Waals surface area (Å²) in [6.45, 7) is 7.84. The third-order valence-electron chi connectivity index (χ3n) is 2.02. The first kappa shape index (κ1) is 11.4. The van der Waals surface area contributed by atoms with Crippen molar-refractivity contribution in [2.24, 2.45) is 0 Å². The van der Waals surface area contributed by atoms with E-state index in [9.17, 15) is 0 Å². The van der Waals surface area contributed by atoms with Crippen LogP contribution in [-0.4, -0.2) is 13.7 Å². The van der Waals surface area contributed by atoms with Gasteiger partial charge in [0.1, 0.15) is 18.1 Å². The zero-order valence-electron chi connectivity index (χ0n) is 9.03. The highest BCUT2D eigenvalue weighted by atomic mass is 16.5. The maximum atomic E-state index is 5.54. The van der Waals surface area contributed by atoms with E-state index in [4.69, 9.17) is 9.47 Å². The van der Waals surface area contributed by atoms with Gasteiger partial charge in [0.2, 0.25) is 0 Å². The molecule has 0 atom stereocenters. The van der Waals surface area contributed by atoms with E-state index < -0.39 is 0 Å². The minimum absolute atomic E-state index is 0.497. The van der Waals surface area contributed by atoms with Gasteiger partial charge in [-0.05, 0) is 18.6 Å². The van der Waals surface area contributed by atoms with Crippen molar-refractivity contribution in [3.05, 3.63) is 49.1 Å². The van der Waals surface area contributed by atoms with Gasteiger partial charge in [0, 0.05) is 5.56 Å². The molecule has 0 fully saturated rings. The van der Waals surface area contributed by atoms with Gasteiger partial charge >= 0.3 is 0 Å². The van der Waals surface area contributed by atoms with Crippen LogP contribution < -0.4 is 9.47 Å². The summed E-state index contributed by atoms with van der Waals surface area (Å²) in [5.41, 5.74) is 1.02. The number of benzene rings is 1. The molecule has 0 aliphatic rings. The van der Waals surface area contributed by atoms with Crippen molar-refractivity contribution in [3.8, 4) is 11.5 Å². The summed E-state index contributed by atoms with van der Waals surface area (Å²) in [6, 6.07) is 5.74. The van der Waals surface area contributed by atoms with Crippen molar-refractivity contribution in [1.29, 1.82) is 0 Å².